The zero-order valence-electron chi connectivity index (χ0n) is 53.9. The first kappa shape index (κ1) is 78.0. The van der Waals surface area contributed by atoms with Gasteiger partial charge in [0.05, 0.1) is 18.8 Å². The van der Waals surface area contributed by atoms with Crippen LogP contribution in [0, 0.1) is 0 Å². The van der Waals surface area contributed by atoms with E-state index in [0.717, 1.165) is 38.5 Å². The number of nitrogens with one attached hydrogen (secondary N) is 1. The molecular weight excluding hydrogens is 971 g/mol. The summed E-state index contributed by atoms with van der Waals surface area (Å²) in [7, 11) is 0. The van der Waals surface area contributed by atoms with Crippen LogP contribution in [0.3, 0.4) is 0 Å². The van der Waals surface area contributed by atoms with Crippen LogP contribution in [0.25, 0.3) is 0 Å². The van der Waals surface area contributed by atoms with Crippen molar-refractivity contribution in [1.29, 1.82) is 0 Å². The van der Waals surface area contributed by atoms with Crippen molar-refractivity contribution < 1.29 is 25.2 Å². The van der Waals surface area contributed by atoms with Crippen LogP contribution in [0.1, 0.15) is 418 Å². The van der Waals surface area contributed by atoms with Gasteiger partial charge in [-0.3, -0.25) is 4.79 Å². The molecule has 0 rings (SSSR count). The van der Waals surface area contributed by atoms with Gasteiger partial charge in [-0.05, 0) is 38.5 Å². The van der Waals surface area contributed by atoms with E-state index < -0.39 is 36.9 Å². The summed E-state index contributed by atoms with van der Waals surface area (Å²) in [6.45, 7) is 4.12. The molecule has 6 nitrogen and oxygen atoms in total. The summed E-state index contributed by atoms with van der Waals surface area (Å²) in [5.74, 6) is -0.575. The molecule has 0 bridgehead atoms. The van der Waals surface area contributed by atoms with Crippen LogP contribution in [0.4, 0.5) is 0 Å². The van der Waals surface area contributed by atoms with E-state index in [2.05, 4.69) is 31.3 Å². The topological polar surface area (TPSA) is 110 Å². The molecule has 0 saturated heterocycles. The Balaban J connectivity index is 3.49. The lowest BCUT2D eigenvalue weighted by molar-refractivity contribution is -0.132. The minimum absolute atomic E-state index is 0.374. The molecule has 0 saturated carbocycles. The highest BCUT2D eigenvalue weighted by Crippen LogP contribution is 2.20. The van der Waals surface area contributed by atoms with E-state index in [1.807, 2.05) is 0 Å². The lowest BCUT2D eigenvalue weighted by Crippen LogP contribution is -2.53. The first-order chi connectivity index (χ1) is 39.0. The van der Waals surface area contributed by atoms with Gasteiger partial charge in [0.25, 0.3) is 0 Å². The monoisotopic (exact) mass is 1120 g/mol. The highest BCUT2D eigenvalue weighted by molar-refractivity contribution is 5.80. The van der Waals surface area contributed by atoms with Crippen molar-refractivity contribution in [3.8, 4) is 0 Å². The van der Waals surface area contributed by atoms with Gasteiger partial charge in [-0.25, -0.2) is 0 Å². The molecule has 79 heavy (non-hydrogen) atoms. The number of carbonyl (C=O) groups excluding carboxylic acids is 1. The lowest BCUT2D eigenvalue weighted by atomic mass is 9.99. The summed E-state index contributed by atoms with van der Waals surface area (Å²) in [6, 6.07) is -0.984. The van der Waals surface area contributed by atoms with E-state index in [1.54, 1.807) is 0 Å². The van der Waals surface area contributed by atoms with E-state index in [9.17, 15) is 25.2 Å². The Morgan fingerprint density at radius 3 is 0.734 bits per heavy atom. The van der Waals surface area contributed by atoms with Gasteiger partial charge in [-0.15, -0.1) is 0 Å². The molecule has 4 unspecified atom stereocenters. The second kappa shape index (κ2) is 67.8. The van der Waals surface area contributed by atoms with Crippen molar-refractivity contribution in [3.63, 3.8) is 0 Å². The maximum absolute atomic E-state index is 12.7. The molecule has 6 heteroatoms. The fourth-order valence-electron chi connectivity index (χ4n) is 12.1. The predicted molar refractivity (Wildman–Crippen MR) is 348 cm³/mol. The van der Waals surface area contributed by atoms with E-state index in [-0.39, 0.29) is 0 Å². The summed E-state index contributed by atoms with van der Waals surface area (Å²) >= 11 is 0. The van der Waals surface area contributed by atoms with E-state index >= 15 is 0 Å². The van der Waals surface area contributed by atoms with Crippen LogP contribution in [0.2, 0.25) is 0 Å². The van der Waals surface area contributed by atoms with E-state index in [1.165, 1.54) is 353 Å². The number of hydrogen-bond acceptors (Lipinski definition) is 5. The second-order valence-corrected chi connectivity index (χ2v) is 25.7. The number of hydrogen-bond donors (Lipinski definition) is 5. The zero-order valence-corrected chi connectivity index (χ0v) is 53.9. The summed E-state index contributed by atoms with van der Waals surface area (Å²) in [4.78, 5) is 12.7. The highest BCUT2D eigenvalue weighted by Gasteiger charge is 2.28. The standard InChI is InChI=1S/C73H145NO5/c1-3-5-7-9-11-13-15-17-19-21-23-25-27-29-30-31-32-33-34-35-36-37-38-39-40-41-43-45-47-49-51-53-55-57-59-61-63-65-67-71(77)73(79)74-69(68-75)72(78)70(76)66-64-62-60-58-56-54-52-50-48-46-44-42-28-26-24-22-20-18-16-14-12-10-8-6-4-2/h35-36,69-72,75-78H,3-34,37-68H2,1-2H3,(H,74,79)/b36-35-. The van der Waals surface area contributed by atoms with Crippen molar-refractivity contribution in [1.82, 2.24) is 5.32 Å². The zero-order chi connectivity index (χ0) is 57.3. The number of rotatable bonds is 69. The van der Waals surface area contributed by atoms with Crippen LogP contribution < -0.4 is 5.32 Å². The third-order valence-corrected chi connectivity index (χ3v) is 17.7. The van der Waals surface area contributed by atoms with Crippen LogP contribution >= 0.6 is 0 Å². The molecule has 0 aliphatic carbocycles. The Morgan fingerprint density at radius 1 is 0.304 bits per heavy atom. The van der Waals surface area contributed by atoms with Crippen LogP contribution in [-0.2, 0) is 4.79 Å². The molecule has 1 amide bonds. The van der Waals surface area contributed by atoms with Crippen LogP contribution in [0.15, 0.2) is 12.2 Å². The molecule has 0 aliphatic heterocycles. The molecule has 0 heterocycles. The molecule has 5 N–H and O–H groups in total. The van der Waals surface area contributed by atoms with Crippen LogP contribution in [0.5, 0.6) is 0 Å². The van der Waals surface area contributed by atoms with Gasteiger partial charge < -0.3 is 25.7 Å². The Morgan fingerprint density at radius 2 is 0.506 bits per heavy atom. The molecule has 0 aromatic rings. The number of aliphatic hydroxyl groups is 4. The summed E-state index contributed by atoms with van der Waals surface area (Å²) in [5.41, 5.74) is 0. The van der Waals surface area contributed by atoms with Gasteiger partial charge in [-0.1, -0.05) is 392 Å². The van der Waals surface area contributed by atoms with E-state index in [0.29, 0.717) is 12.8 Å². The normalized spacial score (nSPS) is 13.4. The number of carbonyl (C=O) groups is 1. The molecule has 472 valence electrons. The van der Waals surface area contributed by atoms with Gasteiger partial charge in [0.15, 0.2) is 0 Å². The minimum atomic E-state index is -1.26. The minimum Gasteiger partial charge on any atom is -0.394 e. The largest absolute Gasteiger partial charge is 0.394 e. The van der Waals surface area contributed by atoms with Gasteiger partial charge in [0.1, 0.15) is 12.2 Å². The number of amides is 1. The van der Waals surface area contributed by atoms with Gasteiger partial charge in [-0.2, -0.15) is 0 Å². The SMILES string of the molecule is CCCCCCCCCCCCCCCCCCCC/C=C\CCCCCCCCCCCCCCCCCCC(O)C(=O)NC(CO)C(O)C(O)CCCCCCCCCCCCCCCCCCCCCCCCCCC. The van der Waals surface area contributed by atoms with Gasteiger partial charge in [0.2, 0.25) is 5.91 Å². The fraction of sp³-hybridized carbons (Fsp3) is 0.959. The van der Waals surface area contributed by atoms with Crippen molar-refractivity contribution in [3.05, 3.63) is 12.2 Å². The smallest absolute Gasteiger partial charge is 0.249 e. The second-order valence-electron chi connectivity index (χ2n) is 25.7. The maximum Gasteiger partial charge on any atom is 0.249 e. The molecular formula is C73H145NO5. The Labute approximate surface area is 495 Å². The highest BCUT2D eigenvalue weighted by atomic mass is 16.3. The first-order valence-electron chi connectivity index (χ1n) is 36.6. The number of aliphatic hydroxyl groups excluding tert-OH is 4. The average molecular weight is 1120 g/mol. The predicted octanol–water partition coefficient (Wildman–Crippen LogP) is 22.7. The van der Waals surface area contributed by atoms with Gasteiger partial charge >= 0.3 is 0 Å². The van der Waals surface area contributed by atoms with Crippen molar-refractivity contribution in [2.45, 2.75) is 443 Å². The van der Waals surface area contributed by atoms with Crippen molar-refractivity contribution in [2.24, 2.45) is 0 Å². The summed E-state index contributed by atoms with van der Waals surface area (Å²) in [6.07, 6.45) is 85.0. The summed E-state index contributed by atoms with van der Waals surface area (Å²) < 4.78 is 0. The Hall–Kier alpha value is -0.950. The third kappa shape index (κ3) is 61.4. The average Bonchev–Trinajstić information content (AvgIpc) is 3.45. The Bertz CT molecular complexity index is 1160. The first-order valence-corrected chi connectivity index (χ1v) is 36.6. The van der Waals surface area contributed by atoms with E-state index in [4.69, 9.17) is 0 Å². The quantitative estimate of drug-likeness (QED) is 0.0308. The third-order valence-electron chi connectivity index (χ3n) is 17.7. The maximum atomic E-state index is 12.7. The molecule has 0 radical (unpaired) electrons. The van der Waals surface area contributed by atoms with Crippen LogP contribution in [-0.4, -0.2) is 57.3 Å². The number of unbranched alkanes of at least 4 members (excludes halogenated alkanes) is 58. The molecule has 0 spiro atoms. The summed E-state index contributed by atoms with van der Waals surface area (Å²) in [5, 5.41) is 44.3. The molecule has 0 fully saturated rings. The van der Waals surface area contributed by atoms with Gasteiger partial charge in [0, 0.05) is 0 Å². The lowest BCUT2D eigenvalue weighted by Gasteiger charge is -2.27. The molecule has 0 aromatic heterocycles. The van der Waals surface area contributed by atoms with Crippen molar-refractivity contribution >= 4 is 5.91 Å². The fourth-order valence-corrected chi connectivity index (χ4v) is 12.1. The molecule has 0 aliphatic rings. The molecule has 4 atom stereocenters. The van der Waals surface area contributed by atoms with Crippen molar-refractivity contribution in [2.75, 3.05) is 6.61 Å². The number of allylic oxidation sites excluding steroid dienone is 2. The molecule has 0 aromatic carbocycles. The Kier molecular flexibility index (Phi) is 67.0.